The maximum Gasteiger partial charge on any atom is 0.122 e. The van der Waals surface area contributed by atoms with Crippen LogP contribution >= 0.6 is 12.4 Å². The quantitative estimate of drug-likeness (QED) is 0.874. The molecule has 1 aliphatic rings. The predicted molar refractivity (Wildman–Crippen MR) is 91.6 cm³/mol. The molecule has 0 spiro atoms. The molecule has 1 aromatic rings. The Balaban J connectivity index is 0.00000220. The Morgan fingerprint density at radius 3 is 2.81 bits per heavy atom. The third kappa shape index (κ3) is 5.50. The summed E-state index contributed by atoms with van der Waals surface area (Å²) in [7, 11) is 4.00. The Morgan fingerprint density at radius 1 is 1.38 bits per heavy atom. The average Bonchev–Trinajstić information content (AvgIpc) is 2.48. The molecule has 1 aliphatic heterocycles. The summed E-state index contributed by atoms with van der Waals surface area (Å²) in [6.07, 6.45) is 3.72. The molecule has 0 aliphatic carbocycles. The van der Waals surface area contributed by atoms with Crippen molar-refractivity contribution in [3.8, 4) is 5.75 Å². The van der Waals surface area contributed by atoms with Crippen LogP contribution in [0.15, 0.2) is 24.3 Å². The van der Waals surface area contributed by atoms with Crippen molar-refractivity contribution in [2.75, 3.05) is 33.8 Å². The normalized spacial score (nSPS) is 19.9. The summed E-state index contributed by atoms with van der Waals surface area (Å²) in [6, 6.07) is 8.88. The lowest BCUT2D eigenvalue weighted by molar-refractivity contribution is 0.196. The van der Waals surface area contributed by atoms with E-state index in [4.69, 9.17) is 4.74 Å². The maximum atomic E-state index is 5.45. The van der Waals surface area contributed by atoms with E-state index in [1.54, 1.807) is 7.11 Å². The lowest BCUT2D eigenvalue weighted by atomic mass is 9.97. The van der Waals surface area contributed by atoms with Gasteiger partial charge in [0.05, 0.1) is 7.11 Å². The second-order valence-electron chi connectivity index (χ2n) is 6.02. The van der Waals surface area contributed by atoms with Gasteiger partial charge in [-0.15, -0.1) is 12.4 Å². The molecule has 2 unspecified atom stereocenters. The van der Waals surface area contributed by atoms with E-state index in [1.807, 2.05) is 12.1 Å². The van der Waals surface area contributed by atoms with E-state index in [1.165, 1.54) is 38.0 Å². The lowest BCUT2D eigenvalue weighted by Gasteiger charge is -2.31. The molecule has 2 rings (SSSR count). The van der Waals surface area contributed by atoms with Crippen LogP contribution in [0.25, 0.3) is 0 Å². The van der Waals surface area contributed by atoms with Crippen LogP contribution in [-0.2, 0) is 6.42 Å². The predicted octanol–water partition coefficient (Wildman–Crippen LogP) is 2.98. The van der Waals surface area contributed by atoms with Gasteiger partial charge >= 0.3 is 0 Å². The summed E-state index contributed by atoms with van der Waals surface area (Å²) >= 11 is 0. The van der Waals surface area contributed by atoms with E-state index in [0.717, 1.165) is 18.1 Å². The van der Waals surface area contributed by atoms with Crippen molar-refractivity contribution in [3.05, 3.63) is 29.8 Å². The van der Waals surface area contributed by atoms with E-state index < -0.39 is 0 Å². The van der Waals surface area contributed by atoms with Crippen LogP contribution in [0.3, 0.4) is 0 Å². The molecule has 3 nitrogen and oxygen atoms in total. The van der Waals surface area contributed by atoms with Gasteiger partial charge in [0, 0.05) is 12.6 Å². The molecule has 1 heterocycles. The molecule has 0 aromatic heterocycles. The number of hydrogen-bond donors (Lipinski definition) is 1. The van der Waals surface area contributed by atoms with Crippen LogP contribution in [0.1, 0.15) is 25.3 Å². The number of likely N-dealkylation sites (N-methyl/N-ethyl adjacent to an activating group) is 1. The third-order valence-electron chi connectivity index (χ3n) is 4.41. The summed E-state index contributed by atoms with van der Waals surface area (Å²) in [5.41, 5.74) is 1.30. The minimum absolute atomic E-state index is 0. The monoisotopic (exact) mass is 312 g/mol. The van der Waals surface area contributed by atoms with Crippen molar-refractivity contribution in [1.29, 1.82) is 0 Å². The van der Waals surface area contributed by atoms with Crippen molar-refractivity contribution in [1.82, 2.24) is 10.2 Å². The van der Waals surface area contributed by atoms with E-state index in [-0.39, 0.29) is 12.4 Å². The van der Waals surface area contributed by atoms with Gasteiger partial charge in [0.15, 0.2) is 0 Å². The van der Waals surface area contributed by atoms with Crippen LogP contribution in [0.4, 0.5) is 0 Å². The molecule has 21 heavy (non-hydrogen) atoms. The number of para-hydroxylation sites is 1. The molecular formula is C17H29ClN2O. The number of methoxy groups -OCH3 is 1. The Hall–Kier alpha value is -0.770. The van der Waals surface area contributed by atoms with E-state index in [0.29, 0.717) is 6.04 Å². The molecule has 1 aromatic carbocycles. The fourth-order valence-corrected chi connectivity index (χ4v) is 3.01. The van der Waals surface area contributed by atoms with Gasteiger partial charge in [0.1, 0.15) is 5.75 Å². The Morgan fingerprint density at radius 2 is 2.14 bits per heavy atom. The fourth-order valence-electron chi connectivity index (χ4n) is 3.01. The van der Waals surface area contributed by atoms with Crippen molar-refractivity contribution in [2.24, 2.45) is 5.92 Å². The van der Waals surface area contributed by atoms with Crippen LogP contribution in [0, 0.1) is 5.92 Å². The number of piperidine rings is 1. The summed E-state index contributed by atoms with van der Waals surface area (Å²) < 4.78 is 5.45. The second kappa shape index (κ2) is 9.29. The van der Waals surface area contributed by atoms with Crippen molar-refractivity contribution in [2.45, 2.75) is 32.2 Å². The average molecular weight is 313 g/mol. The van der Waals surface area contributed by atoms with Gasteiger partial charge in [0.25, 0.3) is 0 Å². The third-order valence-corrected chi connectivity index (χ3v) is 4.41. The van der Waals surface area contributed by atoms with Gasteiger partial charge in [-0.25, -0.2) is 0 Å². The molecule has 4 heteroatoms. The zero-order valence-corrected chi connectivity index (χ0v) is 14.3. The molecule has 1 N–H and O–H groups in total. The lowest BCUT2D eigenvalue weighted by Crippen LogP contribution is -2.40. The molecule has 0 amide bonds. The van der Waals surface area contributed by atoms with Gasteiger partial charge in [-0.2, -0.15) is 0 Å². The van der Waals surface area contributed by atoms with Gasteiger partial charge in [0.2, 0.25) is 0 Å². The first-order chi connectivity index (χ1) is 9.70. The topological polar surface area (TPSA) is 24.5 Å². The Labute approximate surface area is 135 Å². The standard InChI is InChI=1S/C17H28N2O.ClH/c1-14(11-16-8-4-5-9-17(16)20-3)19(2)13-15-7-6-10-18-12-15;/h4-5,8-9,14-15,18H,6-7,10-13H2,1-3H3;1H. The van der Waals surface area contributed by atoms with Crippen molar-refractivity contribution >= 4 is 12.4 Å². The molecule has 1 saturated heterocycles. The summed E-state index contributed by atoms with van der Waals surface area (Å²) in [5.74, 6) is 1.81. The first-order valence-corrected chi connectivity index (χ1v) is 7.73. The maximum absolute atomic E-state index is 5.45. The first-order valence-electron chi connectivity index (χ1n) is 7.73. The zero-order valence-electron chi connectivity index (χ0n) is 13.5. The van der Waals surface area contributed by atoms with Gasteiger partial charge in [-0.05, 0) is 63.9 Å². The number of ether oxygens (including phenoxy) is 1. The zero-order chi connectivity index (χ0) is 14.4. The number of nitrogens with one attached hydrogen (secondary N) is 1. The smallest absolute Gasteiger partial charge is 0.122 e. The van der Waals surface area contributed by atoms with Gasteiger partial charge in [-0.1, -0.05) is 18.2 Å². The van der Waals surface area contributed by atoms with Crippen LogP contribution in [-0.4, -0.2) is 44.7 Å². The molecule has 120 valence electrons. The highest BCUT2D eigenvalue weighted by molar-refractivity contribution is 5.85. The fraction of sp³-hybridized carbons (Fsp3) is 0.647. The van der Waals surface area contributed by atoms with Crippen molar-refractivity contribution in [3.63, 3.8) is 0 Å². The molecule has 1 fully saturated rings. The molecular weight excluding hydrogens is 284 g/mol. The minimum atomic E-state index is 0. The summed E-state index contributed by atoms with van der Waals surface area (Å²) in [4.78, 5) is 2.49. The highest BCUT2D eigenvalue weighted by Gasteiger charge is 2.18. The van der Waals surface area contributed by atoms with Crippen LogP contribution in [0.2, 0.25) is 0 Å². The largest absolute Gasteiger partial charge is 0.496 e. The number of rotatable bonds is 6. The first kappa shape index (κ1) is 18.3. The van der Waals surface area contributed by atoms with E-state index in [9.17, 15) is 0 Å². The van der Waals surface area contributed by atoms with Gasteiger partial charge < -0.3 is 15.0 Å². The van der Waals surface area contributed by atoms with Crippen LogP contribution < -0.4 is 10.1 Å². The summed E-state index contributed by atoms with van der Waals surface area (Å²) in [6.45, 7) is 5.86. The highest BCUT2D eigenvalue weighted by Crippen LogP contribution is 2.21. The highest BCUT2D eigenvalue weighted by atomic mass is 35.5. The second-order valence-corrected chi connectivity index (χ2v) is 6.02. The number of benzene rings is 1. The number of nitrogens with zero attached hydrogens (tertiary/aromatic N) is 1. The molecule has 0 bridgehead atoms. The summed E-state index contributed by atoms with van der Waals surface area (Å²) in [5, 5.41) is 3.50. The minimum Gasteiger partial charge on any atom is -0.496 e. The van der Waals surface area contributed by atoms with Crippen molar-refractivity contribution < 1.29 is 4.74 Å². The number of halogens is 1. The number of hydrogen-bond acceptors (Lipinski definition) is 3. The van der Waals surface area contributed by atoms with Gasteiger partial charge in [-0.3, -0.25) is 0 Å². The van der Waals surface area contributed by atoms with E-state index >= 15 is 0 Å². The van der Waals surface area contributed by atoms with Crippen LogP contribution in [0.5, 0.6) is 5.75 Å². The molecule has 0 radical (unpaired) electrons. The molecule has 0 saturated carbocycles. The molecule has 2 atom stereocenters. The SMILES string of the molecule is COc1ccccc1CC(C)N(C)CC1CCCNC1.Cl. The van der Waals surface area contributed by atoms with E-state index in [2.05, 4.69) is 36.3 Å². The Kier molecular flexibility index (Phi) is 8.09. The Bertz CT molecular complexity index is 408.